The number of hydrogen-bond acceptors (Lipinski definition) is 5. The van der Waals surface area contributed by atoms with Gasteiger partial charge in [-0.25, -0.2) is 4.39 Å². The van der Waals surface area contributed by atoms with Crippen LogP contribution >= 0.6 is 0 Å². The summed E-state index contributed by atoms with van der Waals surface area (Å²) in [5.41, 5.74) is 0.258. The standard InChI is InChI=1S/C19H18FN3O3/c20-16-9-5-4-8-15(16)19-23-22-18(26-19)10-12-21-17(24)11-13-25-14-6-2-1-3-7-14/h1-9H,10-13H2,(H,21,24). The van der Waals surface area contributed by atoms with Crippen LogP contribution in [0.4, 0.5) is 4.39 Å². The molecule has 2 aromatic carbocycles. The zero-order chi connectivity index (χ0) is 18.2. The molecule has 0 radical (unpaired) electrons. The van der Waals surface area contributed by atoms with Gasteiger partial charge in [-0.05, 0) is 24.3 Å². The minimum absolute atomic E-state index is 0.126. The molecule has 0 aliphatic rings. The molecule has 0 saturated heterocycles. The summed E-state index contributed by atoms with van der Waals surface area (Å²) < 4.78 is 24.6. The number of ether oxygens (including phenoxy) is 1. The fraction of sp³-hybridized carbons (Fsp3) is 0.211. The van der Waals surface area contributed by atoms with Gasteiger partial charge in [0.1, 0.15) is 11.6 Å². The molecular weight excluding hydrogens is 337 g/mol. The van der Waals surface area contributed by atoms with Crippen molar-refractivity contribution >= 4 is 5.91 Å². The Morgan fingerprint density at radius 2 is 1.85 bits per heavy atom. The molecule has 0 fully saturated rings. The highest BCUT2D eigenvalue weighted by molar-refractivity contribution is 5.75. The second kappa shape index (κ2) is 8.75. The van der Waals surface area contributed by atoms with E-state index in [2.05, 4.69) is 15.5 Å². The first-order valence-electron chi connectivity index (χ1n) is 8.24. The summed E-state index contributed by atoms with van der Waals surface area (Å²) in [6.45, 7) is 0.650. The summed E-state index contributed by atoms with van der Waals surface area (Å²) >= 11 is 0. The Hall–Kier alpha value is -3.22. The fourth-order valence-corrected chi connectivity index (χ4v) is 2.27. The summed E-state index contributed by atoms with van der Waals surface area (Å²) in [5, 5.41) is 10.5. The van der Waals surface area contributed by atoms with Crippen LogP contribution in [-0.2, 0) is 11.2 Å². The van der Waals surface area contributed by atoms with E-state index in [1.165, 1.54) is 6.07 Å². The van der Waals surface area contributed by atoms with Crippen molar-refractivity contribution in [3.05, 3.63) is 66.3 Å². The third-order valence-electron chi connectivity index (χ3n) is 3.57. The Kier molecular flexibility index (Phi) is 5.92. The van der Waals surface area contributed by atoms with Crippen LogP contribution in [-0.4, -0.2) is 29.3 Å². The summed E-state index contributed by atoms with van der Waals surface area (Å²) in [7, 11) is 0. The van der Waals surface area contributed by atoms with Crippen LogP contribution in [0.2, 0.25) is 0 Å². The van der Waals surface area contributed by atoms with E-state index in [0.29, 0.717) is 25.5 Å². The van der Waals surface area contributed by atoms with E-state index < -0.39 is 5.82 Å². The minimum Gasteiger partial charge on any atom is -0.493 e. The smallest absolute Gasteiger partial charge is 0.250 e. The first kappa shape index (κ1) is 17.6. The molecule has 7 heteroatoms. The monoisotopic (exact) mass is 355 g/mol. The van der Waals surface area contributed by atoms with Crippen molar-refractivity contribution in [1.82, 2.24) is 15.5 Å². The number of aromatic nitrogens is 2. The van der Waals surface area contributed by atoms with E-state index in [4.69, 9.17) is 9.15 Å². The molecule has 0 bridgehead atoms. The van der Waals surface area contributed by atoms with E-state index in [9.17, 15) is 9.18 Å². The second-order valence-electron chi connectivity index (χ2n) is 5.49. The lowest BCUT2D eigenvalue weighted by atomic mass is 10.2. The summed E-state index contributed by atoms with van der Waals surface area (Å²) in [4.78, 5) is 11.8. The number of halogens is 1. The van der Waals surface area contributed by atoms with E-state index in [1.807, 2.05) is 30.3 Å². The Bertz CT molecular complexity index is 852. The molecule has 1 heterocycles. The normalized spacial score (nSPS) is 10.5. The van der Waals surface area contributed by atoms with E-state index in [1.54, 1.807) is 18.2 Å². The van der Waals surface area contributed by atoms with Crippen molar-refractivity contribution < 1.29 is 18.3 Å². The molecule has 1 N–H and O–H groups in total. The third kappa shape index (κ3) is 4.89. The molecule has 0 atom stereocenters. The van der Waals surface area contributed by atoms with Crippen LogP contribution in [0.25, 0.3) is 11.5 Å². The number of carbonyl (C=O) groups excluding carboxylic acids is 1. The lowest BCUT2D eigenvalue weighted by Crippen LogP contribution is -2.27. The van der Waals surface area contributed by atoms with Gasteiger partial charge >= 0.3 is 0 Å². The Morgan fingerprint density at radius 1 is 1.08 bits per heavy atom. The van der Waals surface area contributed by atoms with Gasteiger partial charge in [-0.15, -0.1) is 10.2 Å². The van der Waals surface area contributed by atoms with Crippen molar-refractivity contribution in [1.29, 1.82) is 0 Å². The summed E-state index contributed by atoms with van der Waals surface area (Å²) in [6.07, 6.45) is 0.617. The number of nitrogens with zero attached hydrogens (tertiary/aromatic N) is 2. The highest BCUT2D eigenvalue weighted by Gasteiger charge is 2.12. The average Bonchev–Trinajstić information content (AvgIpc) is 3.12. The molecule has 26 heavy (non-hydrogen) atoms. The predicted molar refractivity (Wildman–Crippen MR) is 93.0 cm³/mol. The van der Waals surface area contributed by atoms with Gasteiger partial charge < -0.3 is 14.5 Å². The van der Waals surface area contributed by atoms with Crippen molar-refractivity contribution in [3.8, 4) is 17.2 Å². The molecule has 3 rings (SSSR count). The van der Waals surface area contributed by atoms with Crippen LogP contribution in [0.1, 0.15) is 12.3 Å². The number of rotatable bonds is 8. The second-order valence-corrected chi connectivity index (χ2v) is 5.49. The van der Waals surface area contributed by atoms with E-state index in [-0.39, 0.29) is 23.8 Å². The maximum Gasteiger partial charge on any atom is 0.250 e. The van der Waals surface area contributed by atoms with Crippen molar-refractivity contribution in [2.75, 3.05) is 13.2 Å². The van der Waals surface area contributed by atoms with Crippen LogP contribution in [0.3, 0.4) is 0 Å². The molecule has 1 aromatic heterocycles. The zero-order valence-electron chi connectivity index (χ0n) is 14.0. The molecule has 3 aromatic rings. The Morgan fingerprint density at radius 3 is 2.65 bits per heavy atom. The molecule has 0 aliphatic carbocycles. The molecule has 134 valence electrons. The highest BCUT2D eigenvalue weighted by Crippen LogP contribution is 2.20. The van der Waals surface area contributed by atoms with Crippen molar-refractivity contribution in [3.63, 3.8) is 0 Å². The number of para-hydroxylation sites is 1. The topological polar surface area (TPSA) is 77.2 Å². The molecule has 0 aliphatic heterocycles. The summed E-state index contributed by atoms with van der Waals surface area (Å²) in [6, 6.07) is 15.5. The van der Waals surface area contributed by atoms with Gasteiger partial charge in [0, 0.05) is 13.0 Å². The predicted octanol–water partition coefficient (Wildman–Crippen LogP) is 3.00. The zero-order valence-corrected chi connectivity index (χ0v) is 14.0. The molecule has 6 nitrogen and oxygen atoms in total. The molecule has 0 saturated carbocycles. The van der Waals surface area contributed by atoms with Crippen molar-refractivity contribution in [2.24, 2.45) is 0 Å². The lowest BCUT2D eigenvalue weighted by molar-refractivity contribution is -0.121. The molecule has 0 spiro atoms. The van der Waals surface area contributed by atoms with Gasteiger partial charge in [0.25, 0.3) is 5.89 Å². The van der Waals surface area contributed by atoms with Crippen LogP contribution in [0.5, 0.6) is 5.75 Å². The van der Waals surface area contributed by atoms with Crippen LogP contribution in [0.15, 0.2) is 59.0 Å². The van der Waals surface area contributed by atoms with Crippen LogP contribution in [0, 0.1) is 5.82 Å². The Labute approximate surface area is 150 Å². The largest absolute Gasteiger partial charge is 0.493 e. The number of benzene rings is 2. The SMILES string of the molecule is O=C(CCOc1ccccc1)NCCc1nnc(-c2ccccc2F)o1. The van der Waals surface area contributed by atoms with Gasteiger partial charge in [-0.2, -0.15) is 0 Å². The van der Waals surface area contributed by atoms with Gasteiger partial charge in [0.15, 0.2) is 0 Å². The van der Waals surface area contributed by atoms with Gasteiger partial charge in [0.05, 0.1) is 18.6 Å². The van der Waals surface area contributed by atoms with E-state index >= 15 is 0 Å². The van der Waals surface area contributed by atoms with Gasteiger partial charge in [0.2, 0.25) is 11.8 Å². The Balaban J connectivity index is 1.40. The summed E-state index contributed by atoms with van der Waals surface area (Å²) in [5.74, 6) is 0.640. The lowest BCUT2D eigenvalue weighted by Gasteiger charge is -2.06. The number of nitrogens with one attached hydrogen (secondary N) is 1. The molecule has 1 amide bonds. The number of amides is 1. The van der Waals surface area contributed by atoms with Crippen LogP contribution < -0.4 is 10.1 Å². The van der Waals surface area contributed by atoms with Gasteiger partial charge in [-0.3, -0.25) is 4.79 Å². The van der Waals surface area contributed by atoms with Crippen molar-refractivity contribution in [2.45, 2.75) is 12.8 Å². The highest BCUT2D eigenvalue weighted by atomic mass is 19.1. The maximum absolute atomic E-state index is 13.7. The minimum atomic E-state index is -0.422. The first-order valence-corrected chi connectivity index (χ1v) is 8.24. The maximum atomic E-state index is 13.7. The molecular formula is C19H18FN3O3. The fourth-order valence-electron chi connectivity index (χ4n) is 2.27. The van der Waals surface area contributed by atoms with Gasteiger partial charge in [-0.1, -0.05) is 30.3 Å². The number of carbonyl (C=O) groups is 1. The quantitative estimate of drug-likeness (QED) is 0.672. The average molecular weight is 355 g/mol. The third-order valence-corrected chi connectivity index (χ3v) is 3.57. The molecule has 0 unspecified atom stereocenters. The number of hydrogen-bond donors (Lipinski definition) is 1. The first-order chi connectivity index (χ1) is 12.7. The van der Waals surface area contributed by atoms with E-state index in [0.717, 1.165) is 5.75 Å².